The van der Waals surface area contributed by atoms with Crippen LogP contribution in [0.2, 0.25) is 0 Å². The second-order valence-corrected chi connectivity index (χ2v) is 9.27. The van der Waals surface area contributed by atoms with Crippen molar-refractivity contribution in [1.82, 2.24) is 10.6 Å². The number of amides is 2. The molecule has 0 spiro atoms. The predicted molar refractivity (Wildman–Crippen MR) is 124 cm³/mol. The standard InChI is InChI=1S/C26H30N2O5/c1-15(2)23(12-24(29)27-13-16-11-21(16)25(30)31)28-26(32)33-14-22-19-9-5-3-7-17(19)18-8-4-6-10-20(18)22/h3-10,15-16,21-23H,11-14H2,1-2H3,(H,27,29)(H,28,32)(H,30,31)/t16-,21-,23-/m1/s1. The van der Waals surface area contributed by atoms with Crippen molar-refractivity contribution in [2.75, 3.05) is 13.2 Å². The first-order valence-corrected chi connectivity index (χ1v) is 11.5. The number of hydrogen-bond donors (Lipinski definition) is 3. The highest BCUT2D eigenvalue weighted by molar-refractivity contribution is 5.80. The number of nitrogens with one attached hydrogen (secondary N) is 2. The lowest BCUT2D eigenvalue weighted by atomic mass is 9.98. The zero-order valence-corrected chi connectivity index (χ0v) is 18.9. The normalized spacial score (nSPS) is 19.4. The number of fused-ring (bicyclic) bond motifs is 3. The third kappa shape index (κ3) is 5.18. The Morgan fingerprint density at radius 2 is 1.64 bits per heavy atom. The number of aliphatic carboxylic acids is 1. The molecule has 2 aromatic carbocycles. The van der Waals surface area contributed by atoms with Crippen LogP contribution in [0.5, 0.6) is 0 Å². The number of hydrogen-bond acceptors (Lipinski definition) is 4. The average molecular weight is 451 g/mol. The molecule has 3 atom stereocenters. The maximum atomic E-state index is 12.6. The minimum Gasteiger partial charge on any atom is -0.481 e. The molecule has 2 aliphatic rings. The first kappa shape index (κ1) is 22.8. The molecule has 2 aromatic rings. The molecule has 2 amide bonds. The Morgan fingerprint density at radius 1 is 1.03 bits per heavy atom. The summed E-state index contributed by atoms with van der Waals surface area (Å²) in [5.74, 6) is -1.37. The zero-order valence-electron chi connectivity index (χ0n) is 18.9. The van der Waals surface area contributed by atoms with Crippen molar-refractivity contribution in [2.45, 2.75) is 38.6 Å². The molecule has 0 aromatic heterocycles. The number of benzene rings is 2. The third-order valence-electron chi connectivity index (χ3n) is 6.66. The van der Waals surface area contributed by atoms with Gasteiger partial charge in [-0.2, -0.15) is 0 Å². The van der Waals surface area contributed by atoms with Gasteiger partial charge in [-0.15, -0.1) is 0 Å². The Kier molecular flexibility index (Phi) is 6.67. The molecule has 2 aliphatic carbocycles. The van der Waals surface area contributed by atoms with Crippen molar-refractivity contribution in [2.24, 2.45) is 17.8 Å². The van der Waals surface area contributed by atoms with Gasteiger partial charge in [-0.05, 0) is 40.5 Å². The number of carbonyl (C=O) groups excluding carboxylic acids is 2. The van der Waals surface area contributed by atoms with E-state index in [1.165, 1.54) is 11.1 Å². The van der Waals surface area contributed by atoms with E-state index >= 15 is 0 Å². The second-order valence-electron chi connectivity index (χ2n) is 9.27. The van der Waals surface area contributed by atoms with Gasteiger partial charge in [0.25, 0.3) is 0 Å². The van der Waals surface area contributed by atoms with Crippen LogP contribution in [0.25, 0.3) is 11.1 Å². The van der Waals surface area contributed by atoms with E-state index in [0.717, 1.165) is 11.1 Å². The van der Waals surface area contributed by atoms with E-state index in [-0.39, 0.29) is 48.6 Å². The Balaban J connectivity index is 1.30. The number of rotatable bonds is 9. The molecule has 1 fully saturated rings. The summed E-state index contributed by atoms with van der Waals surface area (Å²) in [4.78, 5) is 35.8. The van der Waals surface area contributed by atoms with Crippen LogP contribution in [0.1, 0.15) is 43.7 Å². The SMILES string of the molecule is CC(C)[C@@H](CC(=O)NC[C@H]1C[C@H]1C(=O)O)NC(=O)OCC1c2ccccc2-c2ccccc21. The largest absolute Gasteiger partial charge is 0.481 e. The average Bonchev–Trinajstić information content (AvgIpc) is 3.51. The van der Waals surface area contributed by atoms with Gasteiger partial charge in [0.2, 0.25) is 5.91 Å². The summed E-state index contributed by atoms with van der Waals surface area (Å²) in [5.41, 5.74) is 4.62. The molecular weight excluding hydrogens is 420 g/mol. The molecule has 3 N–H and O–H groups in total. The molecule has 7 heteroatoms. The van der Waals surface area contributed by atoms with Crippen LogP contribution in [0.4, 0.5) is 4.79 Å². The topological polar surface area (TPSA) is 105 Å². The molecule has 174 valence electrons. The summed E-state index contributed by atoms with van der Waals surface area (Å²) in [6.07, 6.45) is 0.171. The van der Waals surface area contributed by atoms with Crippen molar-refractivity contribution in [3.8, 4) is 11.1 Å². The molecule has 7 nitrogen and oxygen atoms in total. The number of carboxylic acid groups (broad SMARTS) is 1. The molecule has 0 unspecified atom stereocenters. The van der Waals surface area contributed by atoms with Gasteiger partial charge in [-0.1, -0.05) is 62.4 Å². The van der Waals surface area contributed by atoms with E-state index < -0.39 is 12.1 Å². The molecule has 0 radical (unpaired) electrons. The molecule has 0 aliphatic heterocycles. The van der Waals surface area contributed by atoms with Crippen molar-refractivity contribution >= 4 is 18.0 Å². The van der Waals surface area contributed by atoms with Crippen LogP contribution in [0, 0.1) is 17.8 Å². The molecule has 4 rings (SSSR count). The van der Waals surface area contributed by atoms with Crippen LogP contribution in [0.15, 0.2) is 48.5 Å². The summed E-state index contributed by atoms with van der Waals surface area (Å²) < 4.78 is 5.60. The van der Waals surface area contributed by atoms with Gasteiger partial charge >= 0.3 is 12.1 Å². The van der Waals surface area contributed by atoms with E-state index in [4.69, 9.17) is 9.84 Å². The monoisotopic (exact) mass is 450 g/mol. The second kappa shape index (κ2) is 9.65. The smallest absolute Gasteiger partial charge is 0.407 e. The lowest BCUT2D eigenvalue weighted by molar-refractivity contribution is -0.139. The van der Waals surface area contributed by atoms with Crippen molar-refractivity contribution in [3.63, 3.8) is 0 Å². The molecule has 0 saturated heterocycles. The maximum Gasteiger partial charge on any atom is 0.407 e. The van der Waals surface area contributed by atoms with Crippen LogP contribution in [0.3, 0.4) is 0 Å². The van der Waals surface area contributed by atoms with E-state index in [2.05, 4.69) is 34.9 Å². The summed E-state index contributed by atoms with van der Waals surface area (Å²) in [6.45, 7) is 4.44. The van der Waals surface area contributed by atoms with Crippen LogP contribution in [-0.4, -0.2) is 42.3 Å². The van der Waals surface area contributed by atoms with Crippen molar-refractivity contribution in [1.29, 1.82) is 0 Å². The molecule has 0 bridgehead atoms. The first-order chi connectivity index (χ1) is 15.8. The maximum absolute atomic E-state index is 12.6. The van der Waals surface area contributed by atoms with Crippen LogP contribution in [-0.2, 0) is 14.3 Å². The highest BCUT2D eigenvalue weighted by Crippen LogP contribution is 2.44. The van der Waals surface area contributed by atoms with E-state index in [9.17, 15) is 14.4 Å². The zero-order chi connectivity index (χ0) is 23.5. The summed E-state index contributed by atoms with van der Waals surface area (Å²) in [7, 11) is 0. The minimum absolute atomic E-state index is 0.000888. The van der Waals surface area contributed by atoms with E-state index in [1.807, 2.05) is 38.1 Å². The Labute approximate surface area is 193 Å². The number of carbonyl (C=O) groups is 3. The molecule has 1 saturated carbocycles. The fourth-order valence-corrected chi connectivity index (χ4v) is 4.54. The molecule has 0 heterocycles. The van der Waals surface area contributed by atoms with Gasteiger partial charge in [0.15, 0.2) is 0 Å². The summed E-state index contributed by atoms with van der Waals surface area (Å²) >= 11 is 0. The molecule has 33 heavy (non-hydrogen) atoms. The Bertz CT molecular complexity index is 1000. The summed E-state index contributed by atoms with van der Waals surface area (Å²) in [5, 5.41) is 14.6. The fraction of sp³-hybridized carbons (Fsp3) is 0.423. The lowest BCUT2D eigenvalue weighted by Gasteiger charge is -2.22. The van der Waals surface area contributed by atoms with Gasteiger partial charge in [0, 0.05) is 24.9 Å². The van der Waals surface area contributed by atoms with Crippen LogP contribution < -0.4 is 10.6 Å². The highest BCUT2D eigenvalue weighted by Gasteiger charge is 2.43. The fourth-order valence-electron chi connectivity index (χ4n) is 4.54. The number of ether oxygens (including phenoxy) is 1. The highest BCUT2D eigenvalue weighted by atomic mass is 16.5. The number of carboxylic acids is 1. The van der Waals surface area contributed by atoms with Crippen LogP contribution >= 0.6 is 0 Å². The van der Waals surface area contributed by atoms with Gasteiger partial charge < -0.3 is 20.5 Å². The Morgan fingerprint density at radius 3 is 2.18 bits per heavy atom. The predicted octanol–water partition coefficient (Wildman–Crippen LogP) is 3.78. The third-order valence-corrected chi connectivity index (χ3v) is 6.66. The molecular formula is C26H30N2O5. The van der Waals surface area contributed by atoms with Gasteiger partial charge in [0.05, 0.1) is 5.92 Å². The van der Waals surface area contributed by atoms with Gasteiger partial charge in [-0.3, -0.25) is 9.59 Å². The van der Waals surface area contributed by atoms with E-state index in [1.54, 1.807) is 0 Å². The van der Waals surface area contributed by atoms with Crippen molar-refractivity contribution < 1.29 is 24.2 Å². The van der Waals surface area contributed by atoms with E-state index in [0.29, 0.717) is 13.0 Å². The van der Waals surface area contributed by atoms with Crippen molar-refractivity contribution in [3.05, 3.63) is 59.7 Å². The quantitative estimate of drug-likeness (QED) is 0.539. The Hall–Kier alpha value is -3.35. The van der Waals surface area contributed by atoms with Gasteiger partial charge in [-0.25, -0.2) is 4.79 Å². The lowest BCUT2D eigenvalue weighted by Crippen LogP contribution is -2.43. The summed E-state index contributed by atoms with van der Waals surface area (Å²) in [6, 6.07) is 15.9. The first-order valence-electron chi connectivity index (χ1n) is 11.5. The number of alkyl carbamates (subject to hydrolysis) is 1. The van der Waals surface area contributed by atoms with Gasteiger partial charge in [0.1, 0.15) is 6.61 Å². The minimum atomic E-state index is -0.814.